The van der Waals surface area contributed by atoms with Gasteiger partial charge in [-0.15, -0.1) is 0 Å². The van der Waals surface area contributed by atoms with Gasteiger partial charge in [0.25, 0.3) is 0 Å². The van der Waals surface area contributed by atoms with Crippen LogP contribution in [0, 0.1) is 17.8 Å². The Kier molecular flexibility index (Phi) is 3.94. The fraction of sp³-hybridized carbons (Fsp3) is 1.00. The van der Waals surface area contributed by atoms with E-state index in [0.29, 0.717) is 0 Å². The van der Waals surface area contributed by atoms with Gasteiger partial charge in [-0.25, -0.2) is 0 Å². The number of hydrogen-bond donors (Lipinski definition) is 1. The van der Waals surface area contributed by atoms with E-state index in [1.807, 2.05) is 0 Å². The largest absolute Gasteiger partial charge is 0.325 e. The molecule has 0 saturated heterocycles. The topological polar surface area (TPSA) is 26.0 Å². The quantitative estimate of drug-likeness (QED) is 0.720. The molecule has 0 aromatic carbocycles. The van der Waals surface area contributed by atoms with Gasteiger partial charge in [-0.05, 0) is 56.3 Å². The van der Waals surface area contributed by atoms with Gasteiger partial charge in [0.05, 0.1) is 0 Å². The average molecular weight is 223 g/mol. The molecule has 2 bridgehead atoms. The molecule has 1 heteroatoms. The molecule has 2 rings (SSSR count). The van der Waals surface area contributed by atoms with Crippen molar-refractivity contribution in [2.75, 3.05) is 0 Å². The molecule has 4 unspecified atom stereocenters. The number of nitrogens with two attached hydrogens (primary N) is 1. The highest BCUT2D eigenvalue weighted by molar-refractivity contribution is 4.95. The molecular weight excluding hydrogens is 194 g/mol. The lowest BCUT2D eigenvalue weighted by atomic mass is 9.76. The van der Waals surface area contributed by atoms with Crippen LogP contribution in [0.4, 0.5) is 0 Å². The Morgan fingerprint density at radius 1 is 1.19 bits per heavy atom. The van der Waals surface area contributed by atoms with Crippen LogP contribution in [0.15, 0.2) is 0 Å². The minimum absolute atomic E-state index is 0.158. The maximum atomic E-state index is 6.59. The van der Waals surface area contributed by atoms with E-state index in [1.54, 1.807) is 0 Å². The van der Waals surface area contributed by atoms with Crippen molar-refractivity contribution in [3.8, 4) is 0 Å². The first kappa shape index (κ1) is 12.4. The van der Waals surface area contributed by atoms with Crippen LogP contribution in [0.2, 0.25) is 0 Å². The predicted molar refractivity (Wildman–Crippen MR) is 70.3 cm³/mol. The fourth-order valence-electron chi connectivity index (χ4n) is 4.10. The minimum atomic E-state index is 0.158. The minimum Gasteiger partial charge on any atom is -0.325 e. The van der Waals surface area contributed by atoms with E-state index < -0.39 is 0 Å². The molecule has 0 aromatic rings. The van der Waals surface area contributed by atoms with Gasteiger partial charge >= 0.3 is 0 Å². The van der Waals surface area contributed by atoms with Crippen LogP contribution in [0.3, 0.4) is 0 Å². The Labute approximate surface area is 101 Å². The monoisotopic (exact) mass is 223 g/mol. The third-order valence-corrected chi connectivity index (χ3v) is 5.29. The fourth-order valence-corrected chi connectivity index (χ4v) is 4.10. The van der Waals surface area contributed by atoms with Gasteiger partial charge < -0.3 is 5.73 Å². The highest BCUT2D eigenvalue weighted by atomic mass is 14.7. The van der Waals surface area contributed by atoms with Crippen LogP contribution in [-0.4, -0.2) is 5.54 Å². The molecular formula is C15H29N. The smallest absolute Gasteiger partial charge is 0.0154 e. The van der Waals surface area contributed by atoms with E-state index in [1.165, 1.54) is 57.8 Å². The molecule has 0 aromatic heterocycles. The first-order chi connectivity index (χ1) is 7.67. The summed E-state index contributed by atoms with van der Waals surface area (Å²) in [4.78, 5) is 0. The van der Waals surface area contributed by atoms with E-state index in [9.17, 15) is 0 Å². The summed E-state index contributed by atoms with van der Waals surface area (Å²) in [5.41, 5.74) is 6.75. The number of hydrogen-bond acceptors (Lipinski definition) is 1. The molecule has 2 aliphatic carbocycles. The standard InChI is InChI=1S/C15H29N/c1-3-5-8-15(16,4-2)11-14-10-12-6-7-13(14)9-12/h12-14H,3-11,16H2,1-2H3. The summed E-state index contributed by atoms with van der Waals surface area (Å²) in [7, 11) is 0. The van der Waals surface area contributed by atoms with E-state index in [2.05, 4.69) is 13.8 Å². The molecule has 4 atom stereocenters. The zero-order valence-corrected chi connectivity index (χ0v) is 11.2. The van der Waals surface area contributed by atoms with E-state index in [-0.39, 0.29) is 5.54 Å². The second-order valence-electron chi connectivity index (χ2n) is 6.46. The third-order valence-electron chi connectivity index (χ3n) is 5.29. The zero-order chi connectivity index (χ0) is 11.6. The Bertz CT molecular complexity index is 225. The van der Waals surface area contributed by atoms with Gasteiger partial charge in [0.15, 0.2) is 0 Å². The summed E-state index contributed by atoms with van der Waals surface area (Å²) in [5, 5.41) is 0. The lowest BCUT2D eigenvalue weighted by Crippen LogP contribution is -2.41. The van der Waals surface area contributed by atoms with Gasteiger partial charge in [-0.1, -0.05) is 33.1 Å². The Balaban J connectivity index is 1.86. The van der Waals surface area contributed by atoms with Gasteiger partial charge in [-0.3, -0.25) is 0 Å². The first-order valence-electron chi connectivity index (χ1n) is 7.45. The second kappa shape index (κ2) is 5.08. The van der Waals surface area contributed by atoms with Gasteiger partial charge in [-0.2, -0.15) is 0 Å². The molecule has 0 heterocycles. The van der Waals surface area contributed by atoms with Crippen LogP contribution in [-0.2, 0) is 0 Å². The van der Waals surface area contributed by atoms with Crippen molar-refractivity contribution in [1.29, 1.82) is 0 Å². The molecule has 2 N–H and O–H groups in total. The third kappa shape index (κ3) is 2.61. The van der Waals surface area contributed by atoms with Crippen molar-refractivity contribution < 1.29 is 0 Å². The number of unbranched alkanes of at least 4 members (excludes halogenated alkanes) is 1. The predicted octanol–water partition coefficient (Wildman–Crippen LogP) is 4.11. The van der Waals surface area contributed by atoms with Gasteiger partial charge in [0.2, 0.25) is 0 Å². The lowest BCUT2D eigenvalue weighted by molar-refractivity contribution is 0.222. The zero-order valence-electron chi connectivity index (χ0n) is 11.2. The van der Waals surface area contributed by atoms with Crippen molar-refractivity contribution in [2.24, 2.45) is 23.5 Å². The molecule has 2 aliphatic rings. The molecule has 16 heavy (non-hydrogen) atoms. The summed E-state index contributed by atoms with van der Waals surface area (Å²) >= 11 is 0. The molecule has 94 valence electrons. The first-order valence-corrected chi connectivity index (χ1v) is 7.45. The summed E-state index contributed by atoms with van der Waals surface area (Å²) in [6, 6.07) is 0. The maximum absolute atomic E-state index is 6.59. The van der Waals surface area contributed by atoms with Crippen LogP contribution in [0.5, 0.6) is 0 Å². The highest BCUT2D eigenvalue weighted by Gasteiger charge is 2.41. The molecule has 0 spiro atoms. The van der Waals surface area contributed by atoms with Crippen LogP contribution < -0.4 is 5.73 Å². The van der Waals surface area contributed by atoms with E-state index in [0.717, 1.165) is 17.8 Å². The van der Waals surface area contributed by atoms with E-state index in [4.69, 9.17) is 5.73 Å². The molecule has 2 fully saturated rings. The van der Waals surface area contributed by atoms with Gasteiger partial charge in [0, 0.05) is 5.54 Å². The number of fused-ring (bicyclic) bond motifs is 2. The lowest BCUT2D eigenvalue weighted by Gasteiger charge is -2.34. The Morgan fingerprint density at radius 3 is 2.50 bits per heavy atom. The van der Waals surface area contributed by atoms with Crippen LogP contribution >= 0.6 is 0 Å². The van der Waals surface area contributed by atoms with E-state index >= 15 is 0 Å². The van der Waals surface area contributed by atoms with Crippen molar-refractivity contribution in [3.05, 3.63) is 0 Å². The summed E-state index contributed by atoms with van der Waals surface area (Å²) < 4.78 is 0. The van der Waals surface area contributed by atoms with Gasteiger partial charge in [0.1, 0.15) is 0 Å². The summed E-state index contributed by atoms with van der Waals surface area (Å²) in [6.45, 7) is 4.55. The molecule has 2 saturated carbocycles. The summed E-state index contributed by atoms with van der Waals surface area (Å²) in [6.07, 6.45) is 12.4. The molecule has 0 amide bonds. The number of rotatable bonds is 6. The summed E-state index contributed by atoms with van der Waals surface area (Å²) in [5.74, 6) is 3.09. The normalized spacial score (nSPS) is 36.6. The second-order valence-corrected chi connectivity index (χ2v) is 6.46. The van der Waals surface area contributed by atoms with Crippen molar-refractivity contribution in [3.63, 3.8) is 0 Å². The Hall–Kier alpha value is -0.0400. The highest BCUT2D eigenvalue weighted by Crippen LogP contribution is 2.51. The van der Waals surface area contributed by atoms with Crippen molar-refractivity contribution in [1.82, 2.24) is 0 Å². The SMILES string of the molecule is CCCCC(N)(CC)CC1CC2CCC1C2. The van der Waals surface area contributed by atoms with Crippen LogP contribution in [0.1, 0.15) is 71.6 Å². The van der Waals surface area contributed by atoms with Crippen molar-refractivity contribution >= 4 is 0 Å². The maximum Gasteiger partial charge on any atom is 0.0154 e. The molecule has 0 aliphatic heterocycles. The molecule has 1 nitrogen and oxygen atoms in total. The Morgan fingerprint density at radius 2 is 2.00 bits per heavy atom. The average Bonchev–Trinajstić information content (AvgIpc) is 2.88. The molecule has 0 radical (unpaired) electrons. The van der Waals surface area contributed by atoms with Crippen LogP contribution in [0.25, 0.3) is 0 Å². The van der Waals surface area contributed by atoms with Crippen molar-refractivity contribution in [2.45, 2.75) is 77.2 Å².